The van der Waals surface area contributed by atoms with Gasteiger partial charge in [0.25, 0.3) is 15.9 Å². The van der Waals surface area contributed by atoms with Gasteiger partial charge < -0.3 is 0 Å². The molecule has 0 radical (unpaired) electrons. The first-order valence-corrected chi connectivity index (χ1v) is 9.04. The first-order valence-electron chi connectivity index (χ1n) is 7.55. The smallest absolute Gasteiger partial charge is 0.266 e. The number of carbonyl (C=O) groups excluding carboxylic acids is 1. The van der Waals surface area contributed by atoms with Gasteiger partial charge in [-0.1, -0.05) is 18.2 Å². The van der Waals surface area contributed by atoms with Crippen LogP contribution >= 0.6 is 0 Å². The molecule has 0 aliphatic rings. The van der Waals surface area contributed by atoms with Crippen LogP contribution in [0.4, 0.5) is 4.39 Å². The van der Waals surface area contributed by atoms with Gasteiger partial charge in [-0.2, -0.15) is 5.10 Å². The van der Waals surface area contributed by atoms with Crippen molar-refractivity contribution in [3.05, 3.63) is 77.9 Å². The van der Waals surface area contributed by atoms with E-state index in [1.54, 1.807) is 37.4 Å². The van der Waals surface area contributed by atoms with Crippen molar-refractivity contribution in [2.24, 2.45) is 0 Å². The molecule has 134 valence electrons. The molecule has 0 fully saturated rings. The maximum atomic E-state index is 13.9. The molecule has 0 spiro atoms. The molecule has 0 atom stereocenters. The van der Waals surface area contributed by atoms with E-state index in [0.29, 0.717) is 5.69 Å². The summed E-state index contributed by atoms with van der Waals surface area (Å²) in [4.78, 5) is 14.2. The van der Waals surface area contributed by atoms with Crippen molar-refractivity contribution in [3.63, 3.8) is 0 Å². The molecule has 9 heteroatoms. The summed E-state index contributed by atoms with van der Waals surface area (Å²) in [5.41, 5.74) is 3.10. The second kappa shape index (κ2) is 7.06. The van der Waals surface area contributed by atoms with Crippen LogP contribution in [0.15, 0.2) is 65.7 Å². The molecule has 7 nitrogen and oxygen atoms in total. The molecule has 26 heavy (non-hydrogen) atoms. The maximum Gasteiger partial charge on any atom is 0.266 e. The summed E-state index contributed by atoms with van der Waals surface area (Å²) in [6.45, 7) is 1.78. The molecule has 2 aromatic carbocycles. The van der Waals surface area contributed by atoms with Crippen molar-refractivity contribution in [3.8, 4) is 5.69 Å². The third-order valence-electron chi connectivity index (χ3n) is 3.48. The fourth-order valence-electron chi connectivity index (χ4n) is 2.24. The first kappa shape index (κ1) is 17.8. The number of amides is 1. The standard InChI is InChI=1S/C17H15FN4O3S/c1-12-7-8-22(20-12)15-10-13(9-14(18)11-15)17(23)19-21-26(24,25)16-5-3-2-4-6-16/h2-11,21H,1H3,(H,19,23). The highest BCUT2D eigenvalue weighted by Crippen LogP contribution is 2.14. The zero-order valence-electron chi connectivity index (χ0n) is 13.7. The minimum Gasteiger partial charge on any atom is -0.273 e. The molecule has 0 saturated carbocycles. The number of aromatic nitrogens is 2. The van der Waals surface area contributed by atoms with Crippen molar-refractivity contribution in [2.45, 2.75) is 11.8 Å². The highest BCUT2D eigenvalue weighted by atomic mass is 32.2. The van der Waals surface area contributed by atoms with Crippen LogP contribution in [0, 0.1) is 12.7 Å². The average molecular weight is 374 g/mol. The largest absolute Gasteiger partial charge is 0.273 e. The summed E-state index contributed by atoms with van der Waals surface area (Å²) in [5.74, 6) is -1.44. The molecular weight excluding hydrogens is 359 g/mol. The Labute approximate surface area is 149 Å². The minimum absolute atomic E-state index is 0.00718. The molecule has 3 rings (SSSR count). The zero-order chi connectivity index (χ0) is 18.7. The fourth-order valence-corrected chi connectivity index (χ4v) is 3.10. The van der Waals surface area contributed by atoms with Crippen LogP contribution < -0.4 is 10.3 Å². The van der Waals surface area contributed by atoms with Crippen LogP contribution in [0.25, 0.3) is 5.69 Å². The topological polar surface area (TPSA) is 93.1 Å². The molecule has 0 unspecified atom stereocenters. The molecule has 0 saturated heterocycles. The highest BCUT2D eigenvalue weighted by Gasteiger charge is 2.16. The third kappa shape index (κ3) is 3.95. The number of nitrogens with one attached hydrogen (secondary N) is 2. The Balaban J connectivity index is 1.79. The molecule has 1 aromatic heterocycles. The van der Waals surface area contributed by atoms with Gasteiger partial charge in [-0.15, -0.1) is 4.83 Å². The monoisotopic (exact) mass is 374 g/mol. The molecule has 1 heterocycles. The van der Waals surface area contributed by atoms with Gasteiger partial charge in [-0.3, -0.25) is 10.2 Å². The lowest BCUT2D eigenvalue weighted by Crippen LogP contribution is -2.41. The van der Waals surface area contributed by atoms with Gasteiger partial charge in [0, 0.05) is 11.8 Å². The molecule has 0 aliphatic heterocycles. The van der Waals surface area contributed by atoms with Gasteiger partial charge in [0.15, 0.2) is 0 Å². The molecular formula is C17H15FN4O3S. The van der Waals surface area contributed by atoms with Gasteiger partial charge in [-0.25, -0.2) is 17.5 Å². The summed E-state index contributed by atoms with van der Waals surface area (Å²) >= 11 is 0. The van der Waals surface area contributed by atoms with Crippen LogP contribution in [0.1, 0.15) is 16.1 Å². The van der Waals surface area contributed by atoms with E-state index in [2.05, 4.69) is 10.5 Å². The molecule has 2 N–H and O–H groups in total. The number of carbonyl (C=O) groups is 1. The molecule has 0 bridgehead atoms. The van der Waals surface area contributed by atoms with E-state index in [0.717, 1.165) is 11.8 Å². The summed E-state index contributed by atoms with van der Waals surface area (Å²) in [5, 5.41) is 4.15. The Hall–Kier alpha value is -3.04. The van der Waals surface area contributed by atoms with Crippen molar-refractivity contribution in [1.29, 1.82) is 0 Å². The van der Waals surface area contributed by atoms with E-state index in [4.69, 9.17) is 0 Å². The molecule has 1 amide bonds. The number of benzene rings is 2. The molecule has 0 aliphatic carbocycles. The van der Waals surface area contributed by atoms with E-state index >= 15 is 0 Å². The van der Waals surface area contributed by atoms with Crippen molar-refractivity contribution in [1.82, 2.24) is 20.0 Å². The van der Waals surface area contributed by atoms with Gasteiger partial charge in [0.05, 0.1) is 16.3 Å². The van der Waals surface area contributed by atoms with Crippen molar-refractivity contribution < 1.29 is 17.6 Å². The first-order chi connectivity index (χ1) is 12.3. The van der Waals surface area contributed by atoms with Crippen LogP contribution in [0.3, 0.4) is 0 Å². The Kier molecular flexibility index (Phi) is 4.83. The summed E-state index contributed by atoms with van der Waals surface area (Å²) in [6.07, 6.45) is 1.63. The number of nitrogens with zero attached hydrogens (tertiary/aromatic N) is 2. The quantitative estimate of drug-likeness (QED) is 0.668. The van der Waals surface area contributed by atoms with Gasteiger partial charge in [0.1, 0.15) is 5.82 Å². The number of sulfonamides is 1. The predicted octanol–water partition coefficient (Wildman–Crippen LogP) is 1.94. The minimum atomic E-state index is -3.93. The van der Waals surface area contributed by atoms with E-state index in [-0.39, 0.29) is 10.5 Å². The van der Waals surface area contributed by atoms with Gasteiger partial charge in [0.2, 0.25) is 0 Å². The number of aryl methyl sites for hydroxylation is 1. The maximum absolute atomic E-state index is 13.9. The predicted molar refractivity (Wildman–Crippen MR) is 92.5 cm³/mol. The second-order valence-corrected chi connectivity index (χ2v) is 7.15. The van der Waals surface area contributed by atoms with E-state index in [1.165, 1.54) is 28.9 Å². The Morgan fingerprint density at radius 2 is 1.85 bits per heavy atom. The third-order valence-corrected chi connectivity index (χ3v) is 4.75. The van der Waals surface area contributed by atoms with E-state index in [9.17, 15) is 17.6 Å². The zero-order valence-corrected chi connectivity index (χ0v) is 14.5. The van der Waals surface area contributed by atoms with Crippen LogP contribution in [0.2, 0.25) is 0 Å². The van der Waals surface area contributed by atoms with Crippen LogP contribution in [-0.2, 0) is 10.0 Å². The SMILES string of the molecule is Cc1ccn(-c2cc(F)cc(C(=O)NNS(=O)(=O)c3ccccc3)c2)n1. The number of hydrogen-bond acceptors (Lipinski definition) is 4. The number of hydrogen-bond donors (Lipinski definition) is 2. The van der Waals surface area contributed by atoms with Crippen molar-refractivity contribution in [2.75, 3.05) is 0 Å². The normalized spacial score (nSPS) is 11.3. The van der Waals surface area contributed by atoms with Gasteiger partial charge >= 0.3 is 0 Å². The Morgan fingerprint density at radius 3 is 2.50 bits per heavy atom. The summed E-state index contributed by atoms with van der Waals surface area (Å²) < 4.78 is 39.5. The Bertz CT molecular complexity index is 1050. The lowest BCUT2D eigenvalue weighted by molar-refractivity contribution is 0.0944. The highest BCUT2D eigenvalue weighted by molar-refractivity contribution is 7.89. The number of halogens is 1. The Morgan fingerprint density at radius 1 is 1.12 bits per heavy atom. The lowest BCUT2D eigenvalue weighted by atomic mass is 10.2. The lowest BCUT2D eigenvalue weighted by Gasteiger charge is -2.10. The van der Waals surface area contributed by atoms with E-state index in [1.807, 2.05) is 4.83 Å². The summed E-state index contributed by atoms with van der Waals surface area (Å²) in [6, 6.07) is 12.9. The van der Waals surface area contributed by atoms with Crippen LogP contribution in [-0.4, -0.2) is 24.1 Å². The average Bonchev–Trinajstić information content (AvgIpc) is 3.06. The van der Waals surface area contributed by atoms with Crippen molar-refractivity contribution >= 4 is 15.9 Å². The number of rotatable bonds is 5. The second-order valence-electron chi connectivity index (χ2n) is 5.47. The number of hydrazine groups is 1. The fraction of sp³-hybridized carbons (Fsp3) is 0.0588. The van der Waals surface area contributed by atoms with Crippen LogP contribution in [0.5, 0.6) is 0 Å². The molecule has 3 aromatic rings. The van der Waals surface area contributed by atoms with Gasteiger partial charge in [-0.05, 0) is 43.3 Å². The van der Waals surface area contributed by atoms with E-state index < -0.39 is 21.7 Å². The summed E-state index contributed by atoms with van der Waals surface area (Å²) in [7, 11) is -3.93.